The molecular weight excluding hydrogens is 306 g/mol. The summed E-state index contributed by atoms with van der Waals surface area (Å²) in [6.45, 7) is 6.64. The van der Waals surface area contributed by atoms with E-state index in [1.807, 2.05) is 17.0 Å². The van der Waals surface area contributed by atoms with Gasteiger partial charge in [0.15, 0.2) is 0 Å². The molecule has 0 aliphatic carbocycles. The van der Waals surface area contributed by atoms with Crippen molar-refractivity contribution in [3.8, 4) is 5.75 Å². The third kappa shape index (κ3) is 4.26. The van der Waals surface area contributed by atoms with E-state index in [0.717, 1.165) is 63.8 Å². The fourth-order valence-electron chi connectivity index (χ4n) is 3.35. The van der Waals surface area contributed by atoms with E-state index in [9.17, 15) is 4.79 Å². The summed E-state index contributed by atoms with van der Waals surface area (Å²) in [5, 5.41) is 3.40. The van der Waals surface area contributed by atoms with Crippen molar-refractivity contribution in [3.63, 3.8) is 0 Å². The van der Waals surface area contributed by atoms with Crippen LogP contribution < -0.4 is 10.1 Å². The first-order chi connectivity index (χ1) is 11.8. The topological polar surface area (TPSA) is 54.0 Å². The van der Waals surface area contributed by atoms with Gasteiger partial charge in [0.1, 0.15) is 5.75 Å². The molecule has 0 bridgehead atoms. The van der Waals surface area contributed by atoms with E-state index in [-0.39, 0.29) is 11.9 Å². The second-order valence-electron chi connectivity index (χ2n) is 6.28. The molecule has 0 radical (unpaired) electrons. The first-order valence-electron chi connectivity index (χ1n) is 8.72. The summed E-state index contributed by atoms with van der Waals surface area (Å²) >= 11 is 0. The van der Waals surface area contributed by atoms with Crippen LogP contribution in [0.25, 0.3) is 0 Å². The number of hydrogen-bond acceptors (Lipinski definition) is 5. The molecule has 0 unspecified atom stereocenters. The minimum absolute atomic E-state index is 0.0989. The van der Waals surface area contributed by atoms with Crippen molar-refractivity contribution in [2.24, 2.45) is 0 Å². The molecule has 0 saturated carbocycles. The van der Waals surface area contributed by atoms with Crippen molar-refractivity contribution in [1.82, 2.24) is 15.1 Å². The monoisotopic (exact) mass is 333 g/mol. The first kappa shape index (κ1) is 17.2. The summed E-state index contributed by atoms with van der Waals surface area (Å²) in [7, 11) is 1.67. The van der Waals surface area contributed by atoms with Gasteiger partial charge in [0, 0.05) is 45.7 Å². The maximum absolute atomic E-state index is 12.8. The maximum Gasteiger partial charge on any atom is 0.224 e. The third-order valence-electron chi connectivity index (χ3n) is 4.81. The molecule has 1 aromatic carbocycles. The van der Waals surface area contributed by atoms with E-state index in [1.54, 1.807) is 7.11 Å². The standard InChI is InChI=1S/C18H27N3O3/c1-23-16-4-2-15(3-5-16)17-14-19-7-9-21(17)18(22)6-8-20-10-12-24-13-11-20/h2-5,17,19H,6-14H2,1H3/t17-/m0/s1. The van der Waals surface area contributed by atoms with Gasteiger partial charge in [0.25, 0.3) is 0 Å². The lowest BCUT2D eigenvalue weighted by Crippen LogP contribution is -2.49. The second kappa shape index (κ2) is 8.46. The Kier molecular flexibility index (Phi) is 6.07. The molecule has 2 saturated heterocycles. The molecule has 2 heterocycles. The zero-order valence-corrected chi connectivity index (χ0v) is 14.4. The van der Waals surface area contributed by atoms with Crippen LogP contribution in [-0.4, -0.2) is 75.3 Å². The lowest BCUT2D eigenvalue weighted by atomic mass is 10.0. The molecule has 0 spiro atoms. The van der Waals surface area contributed by atoms with Crippen LogP contribution in [0.3, 0.4) is 0 Å². The van der Waals surface area contributed by atoms with E-state index < -0.39 is 0 Å². The second-order valence-corrected chi connectivity index (χ2v) is 6.28. The molecule has 2 fully saturated rings. The number of nitrogens with one attached hydrogen (secondary N) is 1. The molecule has 1 N–H and O–H groups in total. The molecule has 0 aromatic heterocycles. The quantitative estimate of drug-likeness (QED) is 0.867. The van der Waals surface area contributed by atoms with Gasteiger partial charge < -0.3 is 19.7 Å². The number of carbonyl (C=O) groups excluding carboxylic acids is 1. The van der Waals surface area contributed by atoms with Crippen molar-refractivity contribution in [1.29, 1.82) is 0 Å². The summed E-state index contributed by atoms with van der Waals surface area (Å²) in [5.41, 5.74) is 1.16. The fourth-order valence-corrected chi connectivity index (χ4v) is 3.35. The van der Waals surface area contributed by atoms with E-state index in [4.69, 9.17) is 9.47 Å². The molecule has 132 valence electrons. The van der Waals surface area contributed by atoms with Gasteiger partial charge in [0.2, 0.25) is 5.91 Å². The van der Waals surface area contributed by atoms with Crippen LogP contribution >= 0.6 is 0 Å². The van der Waals surface area contributed by atoms with Crippen molar-refractivity contribution >= 4 is 5.91 Å². The molecule has 2 aliphatic heterocycles. The Balaban J connectivity index is 1.61. The number of ether oxygens (including phenoxy) is 2. The van der Waals surface area contributed by atoms with Crippen molar-refractivity contribution in [3.05, 3.63) is 29.8 Å². The number of benzene rings is 1. The lowest BCUT2D eigenvalue weighted by molar-refractivity contribution is -0.135. The Hall–Kier alpha value is -1.63. The maximum atomic E-state index is 12.8. The smallest absolute Gasteiger partial charge is 0.224 e. The summed E-state index contributed by atoms with van der Waals surface area (Å²) in [6.07, 6.45) is 0.576. The van der Waals surface area contributed by atoms with Gasteiger partial charge in [-0.2, -0.15) is 0 Å². The van der Waals surface area contributed by atoms with Crippen LogP contribution in [0.2, 0.25) is 0 Å². The number of morpholine rings is 1. The van der Waals surface area contributed by atoms with Gasteiger partial charge in [0.05, 0.1) is 26.4 Å². The van der Waals surface area contributed by atoms with Crippen LogP contribution in [0.4, 0.5) is 0 Å². The minimum Gasteiger partial charge on any atom is -0.497 e. The van der Waals surface area contributed by atoms with Gasteiger partial charge in [-0.15, -0.1) is 0 Å². The molecule has 6 heteroatoms. The summed E-state index contributed by atoms with van der Waals surface area (Å²) in [5.74, 6) is 1.08. The van der Waals surface area contributed by atoms with Crippen molar-refractivity contribution in [2.75, 3.05) is 59.6 Å². The van der Waals surface area contributed by atoms with Crippen LogP contribution in [0.5, 0.6) is 5.75 Å². The molecular formula is C18H27N3O3. The third-order valence-corrected chi connectivity index (χ3v) is 4.81. The highest BCUT2D eigenvalue weighted by atomic mass is 16.5. The minimum atomic E-state index is 0.0989. The number of hydrogen-bond donors (Lipinski definition) is 1. The molecule has 2 aliphatic rings. The molecule has 1 aromatic rings. The van der Waals surface area contributed by atoms with E-state index in [2.05, 4.69) is 22.3 Å². The number of carbonyl (C=O) groups is 1. The Morgan fingerprint density at radius 3 is 2.71 bits per heavy atom. The number of rotatable bonds is 5. The highest BCUT2D eigenvalue weighted by Gasteiger charge is 2.28. The molecule has 24 heavy (non-hydrogen) atoms. The zero-order valence-electron chi connectivity index (χ0n) is 14.4. The van der Waals surface area contributed by atoms with Crippen LogP contribution in [0.1, 0.15) is 18.0 Å². The Morgan fingerprint density at radius 2 is 2.00 bits per heavy atom. The van der Waals surface area contributed by atoms with Gasteiger partial charge in [-0.05, 0) is 17.7 Å². The van der Waals surface area contributed by atoms with Crippen LogP contribution in [-0.2, 0) is 9.53 Å². The fraction of sp³-hybridized carbons (Fsp3) is 0.611. The average molecular weight is 333 g/mol. The average Bonchev–Trinajstić information content (AvgIpc) is 2.67. The van der Waals surface area contributed by atoms with Crippen LogP contribution in [0.15, 0.2) is 24.3 Å². The van der Waals surface area contributed by atoms with E-state index >= 15 is 0 Å². The number of nitrogens with zero attached hydrogens (tertiary/aromatic N) is 2. The number of methoxy groups -OCH3 is 1. The molecule has 1 amide bonds. The first-order valence-corrected chi connectivity index (χ1v) is 8.72. The highest BCUT2D eigenvalue weighted by molar-refractivity contribution is 5.77. The Labute approximate surface area is 143 Å². The normalized spacial score (nSPS) is 22.4. The van der Waals surface area contributed by atoms with Gasteiger partial charge in [-0.25, -0.2) is 0 Å². The van der Waals surface area contributed by atoms with Crippen LogP contribution in [0, 0.1) is 0 Å². The van der Waals surface area contributed by atoms with E-state index in [0.29, 0.717) is 6.42 Å². The van der Waals surface area contributed by atoms with Gasteiger partial charge in [-0.3, -0.25) is 9.69 Å². The Bertz CT molecular complexity index is 529. The van der Waals surface area contributed by atoms with Crippen molar-refractivity contribution in [2.45, 2.75) is 12.5 Å². The largest absolute Gasteiger partial charge is 0.497 e. The van der Waals surface area contributed by atoms with Crippen molar-refractivity contribution < 1.29 is 14.3 Å². The summed E-state index contributed by atoms with van der Waals surface area (Å²) in [6, 6.07) is 8.12. The Morgan fingerprint density at radius 1 is 1.25 bits per heavy atom. The summed E-state index contributed by atoms with van der Waals surface area (Å²) in [4.78, 5) is 17.1. The van der Waals surface area contributed by atoms with E-state index in [1.165, 1.54) is 0 Å². The summed E-state index contributed by atoms with van der Waals surface area (Å²) < 4.78 is 10.6. The molecule has 1 atom stereocenters. The predicted molar refractivity (Wildman–Crippen MR) is 92.2 cm³/mol. The van der Waals surface area contributed by atoms with Gasteiger partial charge >= 0.3 is 0 Å². The van der Waals surface area contributed by atoms with Gasteiger partial charge in [-0.1, -0.05) is 12.1 Å². The predicted octanol–water partition coefficient (Wildman–Crippen LogP) is 0.890. The highest BCUT2D eigenvalue weighted by Crippen LogP contribution is 2.25. The SMILES string of the molecule is COc1ccc([C@@H]2CNCCN2C(=O)CCN2CCOCC2)cc1. The zero-order chi connectivity index (χ0) is 16.8. The molecule has 3 rings (SSSR count). The number of amides is 1. The number of piperazine rings is 1. The molecule has 6 nitrogen and oxygen atoms in total. The lowest BCUT2D eigenvalue weighted by Gasteiger charge is -2.37.